The Morgan fingerprint density at radius 2 is 2.18 bits per heavy atom. The van der Waals surface area contributed by atoms with E-state index >= 15 is 0 Å². The summed E-state index contributed by atoms with van der Waals surface area (Å²) in [5.74, 6) is 0.514. The standard InChI is InChI=1S/C13H19N3O/c1-8-11(6-10(14)7-15-8)12(17)16-13(2,3)9-4-5-9/h6-7,9H,4-5,14H2,1-3H3,(H,16,17). The molecule has 1 fully saturated rings. The number of anilines is 1. The van der Waals surface area contributed by atoms with Gasteiger partial charge >= 0.3 is 0 Å². The number of aromatic nitrogens is 1. The van der Waals surface area contributed by atoms with E-state index in [1.54, 1.807) is 12.3 Å². The summed E-state index contributed by atoms with van der Waals surface area (Å²) in [7, 11) is 0. The molecule has 3 N–H and O–H groups in total. The Bertz CT molecular complexity index is 450. The smallest absolute Gasteiger partial charge is 0.253 e. The maximum absolute atomic E-state index is 12.2. The minimum absolute atomic E-state index is 0.0841. The lowest BCUT2D eigenvalue weighted by atomic mass is 9.98. The molecule has 1 aliphatic carbocycles. The highest BCUT2D eigenvalue weighted by atomic mass is 16.1. The fourth-order valence-electron chi connectivity index (χ4n) is 2.05. The second-order valence-corrected chi connectivity index (χ2v) is 5.35. The van der Waals surface area contributed by atoms with Crippen molar-refractivity contribution in [2.45, 2.75) is 39.2 Å². The highest BCUT2D eigenvalue weighted by Crippen LogP contribution is 2.39. The summed E-state index contributed by atoms with van der Waals surface area (Å²) in [6.07, 6.45) is 3.96. The van der Waals surface area contributed by atoms with Gasteiger partial charge in [0, 0.05) is 5.54 Å². The molecule has 0 aliphatic heterocycles. The highest BCUT2D eigenvalue weighted by Gasteiger charge is 2.39. The van der Waals surface area contributed by atoms with Crippen molar-refractivity contribution in [3.05, 3.63) is 23.5 Å². The van der Waals surface area contributed by atoms with Gasteiger partial charge in [0.2, 0.25) is 0 Å². The fraction of sp³-hybridized carbons (Fsp3) is 0.538. The third-order valence-electron chi connectivity index (χ3n) is 3.39. The lowest BCUT2D eigenvalue weighted by Gasteiger charge is -2.26. The predicted molar refractivity (Wildman–Crippen MR) is 67.7 cm³/mol. The molecule has 0 spiro atoms. The molecule has 1 aromatic rings. The largest absolute Gasteiger partial charge is 0.397 e. The molecule has 0 atom stereocenters. The van der Waals surface area contributed by atoms with Crippen molar-refractivity contribution >= 4 is 11.6 Å². The molecule has 0 aromatic carbocycles. The summed E-state index contributed by atoms with van der Waals surface area (Å²) in [6, 6.07) is 1.68. The Hall–Kier alpha value is -1.58. The van der Waals surface area contributed by atoms with Crippen molar-refractivity contribution in [2.24, 2.45) is 5.92 Å². The molecule has 1 heterocycles. The molecule has 1 saturated carbocycles. The minimum Gasteiger partial charge on any atom is -0.397 e. The quantitative estimate of drug-likeness (QED) is 0.837. The molecule has 0 radical (unpaired) electrons. The Labute approximate surface area is 102 Å². The topological polar surface area (TPSA) is 68.0 Å². The summed E-state index contributed by atoms with van der Waals surface area (Å²) in [6.45, 7) is 5.95. The van der Waals surface area contributed by atoms with Crippen LogP contribution < -0.4 is 11.1 Å². The first-order valence-corrected chi connectivity index (χ1v) is 5.95. The number of amides is 1. The molecule has 92 valence electrons. The summed E-state index contributed by atoms with van der Waals surface area (Å²) in [4.78, 5) is 16.3. The molecule has 0 bridgehead atoms. The van der Waals surface area contributed by atoms with E-state index in [9.17, 15) is 4.79 Å². The van der Waals surface area contributed by atoms with Crippen LogP contribution in [0.3, 0.4) is 0 Å². The Morgan fingerprint density at radius 3 is 2.76 bits per heavy atom. The van der Waals surface area contributed by atoms with Gasteiger partial charge in [0.25, 0.3) is 5.91 Å². The lowest BCUT2D eigenvalue weighted by Crippen LogP contribution is -2.45. The second kappa shape index (κ2) is 4.02. The van der Waals surface area contributed by atoms with Gasteiger partial charge < -0.3 is 11.1 Å². The zero-order chi connectivity index (χ0) is 12.6. The van der Waals surface area contributed by atoms with Gasteiger partial charge in [-0.15, -0.1) is 0 Å². The number of hydrogen-bond acceptors (Lipinski definition) is 3. The number of aryl methyl sites for hydroxylation is 1. The van der Waals surface area contributed by atoms with Gasteiger partial charge in [-0.3, -0.25) is 9.78 Å². The van der Waals surface area contributed by atoms with E-state index in [1.165, 1.54) is 12.8 Å². The molecule has 2 rings (SSSR count). The second-order valence-electron chi connectivity index (χ2n) is 5.35. The molecule has 4 heteroatoms. The van der Waals surface area contributed by atoms with Crippen LogP contribution in [0.4, 0.5) is 5.69 Å². The molecule has 4 nitrogen and oxygen atoms in total. The SMILES string of the molecule is Cc1ncc(N)cc1C(=O)NC(C)(C)C1CC1. The average molecular weight is 233 g/mol. The Balaban J connectivity index is 2.16. The predicted octanol–water partition coefficient (Wildman–Crippen LogP) is 1.89. The van der Waals surface area contributed by atoms with Crippen LogP contribution in [-0.2, 0) is 0 Å². The molecular formula is C13H19N3O. The van der Waals surface area contributed by atoms with Gasteiger partial charge in [-0.1, -0.05) is 0 Å². The zero-order valence-electron chi connectivity index (χ0n) is 10.6. The van der Waals surface area contributed by atoms with Crippen LogP contribution in [0, 0.1) is 12.8 Å². The van der Waals surface area contributed by atoms with E-state index in [-0.39, 0.29) is 11.4 Å². The van der Waals surface area contributed by atoms with Gasteiger partial charge in [-0.05, 0) is 45.6 Å². The number of rotatable bonds is 3. The third-order valence-corrected chi connectivity index (χ3v) is 3.39. The van der Waals surface area contributed by atoms with Gasteiger partial charge in [0.15, 0.2) is 0 Å². The van der Waals surface area contributed by atoms with Crippen LogP contribution in [0.2, 0.25) is 0 Å². The van der Waals surface area contributed by atoms with Gasteiger partial charge in [0.05, 0.1) is 23.1 Å². The molecular weight excluding hydrogens is 214 g/mol. The van der Waals surface area contributed by atoms with Crippen molar-refractivity contribution in [3.63, 3.8) is 0 Å². The number of nitrogens with two attached hydrogens (primary N) is 1. The number of nitrogens with zero attached hydrogens (tertiary/aromatic N) is 1. The maximum atomic E-state index is 12.2. The van der Waals surface area contributed by atoms with Crippen molar-refractivity contribution in [2.75, 3.05) is 5.73 Å². The zero-order valence-corrected chi connectivity index (χ0v) is 10.6. The maximum Gasteiger partial charge on any atom is 0.253 e. The first-order valence-electron chi connectivity index (χ1n) is 5.95. The van der Waals surface area contributed by atoms with Gasteiger partial charge in [-0.2, -0.15) is 0 Å². The molecule has 1 aliphatic rings. The van der Waals surface area contributed by atoms with E-state index in [1.807, 2.05) is 6.92 Å². The van der Waals surface area contributed by atoms with Crippen LogP contribution >= 0.6 is 0 Å². The van der Waals surface area contributed by atoms with E-state index in [4.69, 9.17) is 5.73 Å². The number of carbonyl (C=O) groups is 1. The normalized spacial score (nSPS) is 15.7. The summed E-state index contributed by atoms with van der Waals surface area (Å²) in [5.41, 5.74) is 7.31. The van der Waals surface area contributed by atoms with E-state index in [2.05, 4.69) is 24.1 Å². The molecule has 1 aromatic heterocycles. The van der Waals surface area contributed by atoms with E-state index in [0.29, 0.717) is 22.9 Å². The number of carbonyl (C=O) groups excluding carboxylic acids is 1. The molecule has 17 heavy (non-hydrogen) atoms. The first kappa shape index (κ1) is 11.9. The third kappa shape index (κ3) is 2.57. The monoisotopic (exact) mass is 233 g/mol. The molecule has 1 amide bonds. The van der Waals surface area contributed by atoms with Crippen molar-refractivity contribution in [1.29, 1.82) is 0 Å². The number of nitrogens with one attached hydrogen (secondary N) is 1. The van der Waals surface area contributed by atoms with Crippen LogP contribution in [0.25, 0.3) is 0 Å². The van der Waals surface area contributed by atoms with Crippen molar-refractivity contribution in [1.82, 2.24) is 10.3 Å². The number of nitrogen functional groups attached to an aromatic ring is 1. The van der Waals surface area contributed by atoms with Gasteiger partial charge in [-0.25, -0.2) is 0 Å². The van der Waals surface area contributed by atoms with Crippen LogP contribution in [0.5, 0.6) is 0 Å². The summed E-state index contributed by atoms with van der Waals surface area (Å²) in [5, 5.41) is 3.07. The molecule has 0 unspecified atom stereocenters. The average Bonchev–Trinajstić information content (AvgIpc) is 3.04. The number of hydrogen-bond donors (Lipinski definition) is 2. The highest BCUT2D eigenvalue weighted by molar-refractivity contribution is 5.96. The Kier molecular flexibility index (Phi) is 2.81. The number of pyridine rings is 1. The van der Waals surface area contributed by atoms with Crippen LogP contribution in [0.1, 0.15) is 42.7 Å². The van der Waals surface area contributed by atoms with Crippen molar-refractivity contribution in [3.8, 4) is 0 Å². The van der Waals surface area contributed by atoms with E-state index < -0.39 is 0 Å². The summed E-state index contributed by atoms with van der Waals surface area (Å²) >= 11 is 0. The fourth-order valence-corrected chi connectivity index (χ4v) is 2.05. The Morgan fingerprint density at radius 1 is 1.53 bits per heavy atom. The van der Waals surface area contributed by atoms with Crippen LogP contribution in [-0.4, -0.2) is 16.4 Å². The molecule has 0 saturated heterocycles. The first-order chi connectivity index (χ1) is 7.90. The van der Waals surface area contributed by atoms with Crippen molar-refractivity contribution < 1.29 is 4.79 Å². The van der Waals surface area contributed by atoms with E-state index in [0.717, 1.165) is 0 Å². The summed E-state index contributed by atoms with van der Waals surface area (Å²) < 4.78 is 0. The van der Waals surface area contributed by atoms with Gasteiger partial charge in [0.1, 0.15) is 0 Å². The van der Waals surface area contributed by atoms with Crippen LogP contribution in [0.15, 0.2) is 12.3 Å². The minimum atomic E-state index is -0.145. The lowest BCUT2D eigenvalue weighted by molar-refractivity contribution is 0.0902.